The zero-order chi connectivity index (χ0) is 13.1. The molecular formula is C14H20N2O2. The Balaban J connectivity index is 2.12. The highest BCUT2D eigenvalue weighted by Crippen LogP contribution is 2.17. The van der Waals surface area contributed by atoms with Crippen molar-refractivity contribution in [1.29, 1.82) is 0 Å². The summed E-state index contributed by atoms with van der Waals surface area (Å²) in [7, 11) is 0. The number of likely N-dealkylation sites (tertiary alicyclic amines) is 1. The van der Waals surface area contributed by atoms with Gasteiger partial charge >= 0.3 is 0 Å². The van der Waals surface area contributed by atoms with Crippen LogP contribution < -0.4 is 5.90 Å². The number of amides is 1. The van der Waals surface area contributed by atoms with Crippen LogP contribution in [-0.2, 0) is 4.84 Å². The number of carbonyl (C=O) groups is 1. The molecule has 4 heteroatoms. The molecule has 18 heavy (non-hydrogen) atoms. The molecule has 1 atom stereocenters. The Morgan fingerprint density at radius 3 is 2.83 bits per heavy atom. The molecule has 0 aliphatic carbocycles. The Morgan fingerprint density at radius 1 is 1.39 bits per heavy atom. The SMILES string of the molecule is Cc1ccc(C(=O)N2CCCC(ON)C2)cc1C. The van der Waals surface area contributed by atoms with Gasteiger partial charge in [-0.05, 0) is 49.9 Å². The molecule has 0 radical (unpaired) electrons. The quantitative estimate of drug-likeness (QED) is 0.812. The maximum absolute atomic E-state index is 12.4. The van der Waals surface area contributed by atoms with E-state index in [1.165, 1.54) is 5.56 Å². The van der Waals surface area contributed by atoms with Gasteiger partial charge in [-0.3, -0.25) is 9.63 Å². The van der Waals surface area contributed by atoms with Crippen LogP contribution in [0.2, 0.25) is 0 Å². The summed E-state index contributed by atoms with van der Waals surface area (Å²) < 4.78 is 0. The predicted octanol–water partition coefficient (Wildman–Crippen LogP) is 1.80. The summed E-state index contributed by atoms with van der Waals surface area (Å²) in [6.45, 7) is 5.44. The van der Waals surface area contributed by atoms with Crippen molar-refractivity contribution in [2.75, 3.05) is 13.1 Å². The molecule has 1 aliphatic rings. The monoisotopic (exact) mass is 248 g/mol. The summed E-state index contributed by atoms with van der Waals surface area (Å²) in [6, 6.07) is 5.82. The van der Waals surface area contributed by atoms with Gasteiger partial charge in [-0.1, -0.05) is 6.07 Å². The topological polar surface area (TPSA) is 55.6 Å². The van der Waals surface area contributed by atoms with Crippen molar-refractivity contribution in [1.82, 2.24) is 4.90 Å². The van der Waals surface area contributed by atoms with Crippen molar-refractivity contribution < 1.29 is 9.63 Å². The molecule has 0 spiro atoms. The lowest BCUT2D eigenvalue weighted by atomic mass is 10.0. The van der Waals surface area contributed by atoms with Crippen LogP contribution in [0.5, 0.6) is 0 Å². The zero-order valence-electron chi connectivity index (χ0n) is 11.0. The summed E-state index contributed by atoms with van der Waals surface area (Å²) in [5.41, 5.74) is 3.09. The second kappa shape index (κ2) is 5.50. The molecule has 0 aromatic heterocycles. The third-order valence-corrected chi connectivity index (χ3v) is 3.61. The van der Waals surface area contributed by atoms with Gasteiger partial charge in [0.25, 0.3) is 5.91 Å². The van der Waals surface area contributed by atoms with Gasteiger partial charge in [-0.2, -0.15) is 0 Å². The minimum absolute atomic E-state index is 0.0331. The maximum atomic E-state index is 12.4. The Morgan fingerprint density at radius 2 is 2.17 bits per heavy atom. The van der Waals surface area contributed by atoms with Crippen LogP contribution in [0.4, 0.5) is 0 Å². The van der Waals surface area contributed by atoms with Gasteiger partial charge in [0.05, 0.1) is 6.10 Å². The highest BCUT2D eigenvalue weighted by atomic mass is 16.6. The number of carbonyl (C=O) groups excluding carboxylic acids is 1. The van der Waals surface area contributed by atoms with Gasteiger partial charge in [0.1, 0.15) is 0 Å². The number of hydrogen-bond acceptors (Lipinski definition) is 3. The smallest absolute Gasteiger partial charge is 0.253 e. The Hall–Kier alpha value is -1.39. The summed E-state index contributed by atoms with van der Waals surface area (Å²) in [6.07, 6.45) is 1.83. The molecule has 2 N–H and O–H groups in total. The van der Waals surface area contributed by atoms with Crippen LogP contribution in [0.25, 0.3) is 0 Å². The van der Waals surface area contributed by atoms with Gasteiger partial charge in [-0.15, -0.1) is 0 Å². The molecule has 1 aromatic rings. The van der Waals surface area contributed by atoms with E-state index in [2.05, 4.69) is 0 Å². The Labute approximate surface area is 108 Å². The lowest BCUT2D eigenvalue weighted by molar-refractivity contribution is 0.000963. The molecular weight excluding hydrogens is 228 g/mol. The number of hydrogen-bond donors (Lipinski definition) is 1. The summed E-state index contributed by atoms with van der Waals surface area (Å²) >= 11 is 0. The molecule has 1 saturated heterocycles. The van der Waals surface area contributed by atoms with Crippen molar-refractivity contribution >= 4 is 5.91 Å². The fourth-order valence-electron chi connectivity index (χ4n) is 2.29. The summed E-state index contributed by atoms with van der Waals surface area (Å²) in [5, 5.41) is 0. The van der Waals surface area contributed by atoms with Crippen LogP contribution in [0.3, 0.4) is 0 Å². The first-order chi connectivity index (χ1) is 8.61. The van der Waals surface area contributed by atoms with Crippen LogP contribution in [0.1, 0.15) is 34.3 Å². The molecule has 1 fully saturated rings. The van der Waals surface area contributed by atoms with Crippen molar-refractivity contribution in [3.8, 4) is 0 Å². The van der Waals surface area contributed by atoms with E-state index in [0.29, 0.717) is 6.54 Å². The third kappa shape index (κ3) is 2.71. The Bertz CT molecular complexity index is 445. The number of nitrogens with zero attached hydrogens (tertiary/aromatic N) is 1. The number of aryl methyl sites for hydroxylation is 2. The van der Waals surface area contributed by atoms with E-state index in [4.69, 9.17) is 10.7 Å². The average molecular weight is 248 g/mol. The fraction of sp³-hybridized carbons (Fsp3) is 0.500. The zero-order valence-corrected chi connectivity index (χ0v) is 11.0. The molecule has 1 aliphatic heterocycles. The number of benzene rings is 1. The number of piperidine rings is 1. The van der Waals surface area contributed by atoms with Gasteiger partial charge in [0.15, 0.2) is 0 Å². The fourth-order valence-corrected chi connectivity index (χ4v) is 2.29. The van der Waals surface area contributed by atoms with E-state index >= 15 is 0 Å². The second-order valence-electron chi connectivity index (χ2n) is 4.95. The first kappa shape index (κ1) is 13.1. The van der Waals surface area contributed by atoms with Gasteiger partial charge in [-0.25, -0.2) is 5.90 Å². The minimum Gasteiger partial charge on any atom is -0.336 e. The minimum atomic E-state index is -0.0331. The molecule has 1 amide bonds. The standard InChI is InChI=1S/C14H20N2O2/c1-10-5-6-12(8-11(10)2)14(17)16-7-3-4-13(9-16)18-15/h5-6,8,13H,3-4,7,9,15H2,1-2H3. The second-order valence-corrected chi connectivity index (χ2v) is 4.95. The first-order valence-electron chi connectivity index (χ1n) is 6.34. The third-order valence-electron chi connectivity index (χ3n) is 3.61. The highest BCUT2D eigenvalue weighted by molar-refractivity contribution is 5.94. The predicted molar refractivity (Wildman–Crippen MR) is 70.1 cm³/mol. The normalized spacial score (nSPS) is 19.9. The van der Waals surface area contributed by atoms with Gasteiger partial charge in [0.2, 0.25) is 0 Å². The van der Waals surface area contributed by atoms with Gasteiger partial charge < -0.3 is 4.90 Å². The van der Waals surface area contributed by atoms with Crippen molar-refractivity contribution in [2.45, 2.75) is 32.8 Å². The van der Waals surface area contributed by atoms with Crippen LogP contribution in [-0.4, -0.2) is 30.0 Å². The largest absolute Gasteiger partial charge is 0.336 e. The summed E-state index contributed by atoms with van der Waals surface area (Å²) in [5.74, 6) is 5.28. The lowest BCUT2D eigenvalue weighted by Crippen LogP contribution is -2.44. The lowest BCUT2D eigenvalue weighted by Gasteiger charge is -2.31. The molecule has 1 heterocycles. The van der Waals surface area contributed by atoms with Crippen LogP contribution in [0, 0.1) is 13.8 Å². The van der Waals surface area contributed by atoms with E-state index in [0.717, 1.165) is 30.5 Å². The summed E-state index contributed by atoms with van der Waals surface area (Å²) in [4.78, 5) is 19.0. The van der Waals surface area contributed by atoms with E-state index in [9.17, 15) is 4.79 Å². The van der Waals surface area contributed by atoms with Crippen LogP contribution >= 0.6 is 0 Å². The van der Waals surface area contributed by atoms with E-state index < -0.39 is 0 Å². The van der Waals surface area contributed by atoms with Crippen molar-refractivity contribution in [2.24, 2.45) is 5.90 Å². The molecule has 2 rings (SSSR count). The van der Waals surface area contributed by atoms with E-state index in [1.807, 2.05) is 36.9 Å². The molecule has 0 saturated carbocycles. The molecule has 0 bridgehead atoms. The number of nitrogens with two attached hydrogens (primary N) is 1. The van der Waals surface area contributed by atoms with Crippen molar-refractivity contribution in [3.63, 3.8) is 0 Å². The molecule has 98 valence electrons. The highest BCUT2D eigenvalue weighted by Gasteiger charge is 2.24. The molecule has 4 nitrogen and oxygen atoms in total. The molecule has 1 unspecified atom stereocenters. The molecule has 1 aromatic carbocycles. The number of rotatable bonds is 2. The van der Waals surface area contributed by atoms with E-state index in [1.54, 1.807) is 0 Å². The van der Waals surface area contributed by atoms with Crippen LogP contribution in [0.15, 0.2) is 18.2 Å². The van der Waals surface area contributed by atoms with Crippen molar-refractivity contribution in [3.05, 3.63) is 34.9 Å². The Kier molecular flexibility index (Phi) is 3.99. The average Bonchev–Trinajstić information content (AvgIpc) is 2.41. The maximum Gasteiger partial charge on any atom is 0.253 e. The van der Waals surface area contributed by atoms with Gasteiger partial charge in [0, 0.05) is 18.7 Å². The first-order valence-corrected chi connectivity index (χ1v) is 6.34. The van der Waals surface area contributed by atoms with E-state index in [-0.39, 0.29) is 12.0 Å².